The van der Waals surface area contributed by atoms with Crippen molar-refractivity contribution in [1.82, 2.24) is 0 Å². The van der Waals surface area contributed by atoms with Gasteiger partial charge in [0.15, 0.2) is 5.96 Å². The van der Waals surface area contributed by atoms with Crippen molar-refractivity contribution >= 4 is 35.6 Å². The number of halogens is 2. The van der Waals surface area contributed by atoms with E-state index in [9.17, 15) is 4.39 Å². The third-order valence-electron chi connectivity index (χ3n) is 3.40. The second-order valence-electron chi connectivity index (χ2n) is 5.55. The lowest BCUT2D eigenvalue weighted by Crippen LogP contribution is -2.23. The number of aliphatic imine (C=N–C) groups is 1. The maximum absolute atomic E-state index is 13.1. The Bertz CT molecular complexity index is 656. The van der Waals surface area contributed by atoms with Crippen molar-refractivity contribution in [2.75, 3.05) is 11.9 Å². The van der Waals surface area contributed by atoms with Gasteiger partial charge in [-0.1, -0.05) is 38.1 Å². The zero-order chi connectivity index (χ0) is 15.9. The highest BCUT2D eigenvalue weighted by atomic mass is 127. The number of guanidine groups is 1. The summed E-state index contributed by atoms with van der Waals surface area (Å²) in [7, 11) is 0. The average molecular weight is 427 g/mol. The first kappa shape index (κ1) is 19.4. The van der Waals surface area contributed by atoms with E-state index < -0.39 is 0 Å². The number of nitrogens with two attached hydrogens (primary N) is 1. The van der Waals surface area contributed by atoms with Gasteiger partial charge in [0.2, 0.25) is 0 Å². The summed E-state index contributed by atoms with van der Waals surface area (Å²) in [5.74, 6) is 0.614. The number of anilines is 1. The summed E-state index contributed by atoms with van der Waals surface area (Å²) in [5.41, 5.74) is 8.98. The van der Waals surface area contributed by atoms with Crippen LogP contribution in [0.3, 0.4) is 0 Å². The van der Waals surface area contributed by atoms with Crippen LogP contribution in [0.2, 0.25) is 0 Å². The monoisotopic (exact) mass is 427 g/mol. The fourth-order valence-electron chi connectivity index (χ4n) is 2.16. The quantitative estimate of drug-likeness (QED) is 0.418. The highest BCUT2D eigenvalue weighted by Gasteiger charge is 2.01. The van der Waals surface area contributed by atoms with Crippen LogP contribution in [0.4, 0.5) is 10.1 Å². The molecule has 0 fully saturated rings. The van der Waals surface area contributed by atoms with E-state index in [0.717, 1.165) is 11.3 Å². The van der Waals surface area contributed by atoms with E-state index >= 15 is 0 Å². The molecule has 0 aliphatic carbocycles. The van der Waals surface area contributed by atoms with Crippen molar-refractivity contribution in [2.24, 2.45) is 10.7 Å². The minimum Gasteiger partial charge on any atom is -0.370 e. The first-order valence-corrected chi connectivity index (χ1v) is 7.46. The van der Waals surface area contributed by atoms with E-state index in [-0.39, 0.29) is 29.8 Å². The van der Waals surface area contributed by atoms with E-state index in [1.165, 1.54) is 17.7 Å². The third kappa shape index (κ3) is 6.56. The second kappa shape index (κ2) is 9.50. The summed E-state index contributed by atoms with van der Waals surface area (Å²) in [4.78, 5) is 4.28. The Hall–Kier alpha value is -1.63. The van der Waals surface area contributed by atoms with Gasteiger partial charge in [-0.25, -0.2) is 4.39 Å². The number of hydrogen-bond acceptors (Lipinski definition) is 1. The van der Waals surface area contributed by atoms with Gasteiger partial charge in [0.05, 0.1) is 0 Å². The molecule has 2 rings (SSSR count). The van der Waals surface area contributed by atoms with Crippen molar-refractivity contribution in [3.63, 3.8) is 0 Å². The zero-order valence-corrected chi connectivity index (χ0v) is 15.8. The molecule has 3 nitrogen and oxygen atoms in total. The Morgan fingerprint density at radius 1 is 1.17 bits per heavy atom. The Morgan fingerprint density at radius 2 is 1.91 bits per heavy atom. The molecule has 124 valence electrons. The predicted octanol–water partition coefficient (Wildman–Crippen LogP) is 4.54. The Balaban J connectivity index is 0.00000264. The molecule has 3 N–H and O–H groups in total. The van der Waals surface area contributed by atoms with Crippen molar-refractivity contribution in [3.05, 3.63) is 65.5 Å². The number of benzene rings is 2. The molecule has 0 heterocycles. The largest absolute Gasteiger partial charge is 0.370 e. The fourth-order valence-corrected chi connectivity index (χ4v) is 2.16. The first-order chi connectivity index (χ1) is 10.5. The van der Waals surface area contributed by atoms with Gasteiger partial charge in [0.25, 0.3) is 0 Å². The predicted molar refractivity (Wildman–Crippen MR) is 106 cm³/mol. The zero-order valence-electron chi connectivity index (χ0n) is 13.4. The molecule has 0 bridgehead atoms. The van der Waals surface area contributed by atoms with Gasteiger partial charge in [-0.3, -0.25) is 4.99 Å². The number of nitrogens with one attached hydrogen (secondary N) is 1. The van der Waals surface area contributed by atoms with Crippen LogP contribution in [-0.4, -0.2) is 12.5 Å². The Labute approximate surface area is 154 Å². The molecule has 2 aromatic rings. The average Bonchev–Trinajstić information content (AvgIpc) is 2.47. The minimum absolute atomic E-state index is 0. The molecule has 0 spiro atoms. The topological polar surface area (TPSA) is 50.4 Å². The minimum atomic E-state index is -0.224. The van der Waals surface area contributed by atoms with E-state index in [1.54, 1.807) is 6.07 Å². The normalized spacial score (nSPS) is 11.2. The third-order valence-corrected chi connectivity index (χ3v) is 3.40. The molecule has 0 unspecified atom stereocenters. The fraction of sp³-hybridized carbons (Fsp3) is 0.278. The van der Waals surface area contributed by atoms with Gasteiger partial charge in [-0.2, -0.15) is 0 Å². The van der Waals surface area contributed by atoms with Crippen LogP contribution in [0.25, 0.3) is 0 Å². The Morgan fingerprint density at radius 3 is 2.61 bits per heavy atom. The Kier molecular flexibility index (Phi) is 8.02. The summed E-state index contributed by atoms with van der Waals surface area (Å²) in [6.45, 7) is 4.82. The molecule has 0 aliphatic rings. The van der Waals surface area contributed by atoms with E-state index in [4.69, 9.17) is 5.73 Å². The van der Waals surface area contributed by atoms with Gasteiger partial charge in [-0.15, -0.1) is 24.0 Å². The van der Waals surface area contributed by atoms with Gasteiger partial charge in [0, 0.05) is 12.2 Å². The van der Waals surface area contributed by atoms with Crippen LogP contribution in [-0.2, 0) is 6.42 Å². The maximum atomic E-state index is 13.1. The van der Waals surface area contributed by atoms with Crippen LogP contribution in [0.1, 0.15) is 30.9 Å². The van der Waals surface area contributed by atoms with Crippen LogP contribution in [0.5, 0.6) is 0 Å². The molecule has 0 radical (unpaired) electrons. The number of rotatable bonds is 5. The standard InChI is InChI=1S/C18H22FN3.HI/c1-13(2)15-6-4-8-17(12-15)22-18(20)21-10-9-14-5-3-7-16(19)11-14;/h3-8,11-13H,9-10H2,1-2H3,(H3,20,21,22);1H. The van der Waals surface area contributed by atoms with E-state index in [2.05, 4.69) is 36.3 Å². The molecular formula is C18H23FIN3. The van der Waals surface area contributed by atoms with Crippen molar-refractivity contribution in [2.45, 2.75) is 26.2 Å². The van der Waals surface area contributed by atoms with Crippen LogP contribution in [0.15, 0.2) is 53.5 Å². The molecule has 0 saturated heterocycles. The molecule has 5 heteroatoms. The van der Waals surface area contributed by atoms with Crippen molar-refractivity contribution in [3.8, 4) is 0 Å². The molecular weight excluding hydrogens is 404 g/mol. The van der Waals surface area contributed by atoms with Crippen LogP contribution in [0, 0.1) is 5.82 Å². The van der Waals surface area contributed by atoms with Gasteiger partial charge in [-0.05, 0) is 47.7 Å². The summed E-state index contributed by atoms with van der Waals surface area (Å²) in [6.07, 6.45) is 0.659. The smallest absolute Gasteiger partial charge is 0.193 e. The molecule has 2 aromatic carbocycles. The molecule has 0 atom stereocenters. The molecule has 0 saturated carbocycles. The summed E-state index contributed by atoms with van der Waals surface area (Å²) < 4.78 is 13.1. The van der Waals surface area contributed by atoms with Crippen molar-refractivity contribution < 1.29 is 4.39 Å². The second-order valence-corrected chi connectivity index (χ2v) is 5.55. The lowest BCUT2D eigenvalue weighted by molar-refractivity contribution is 0.625. The lowest BCUT2D eigenvalue weighted by atomic mass is 10.0. The van der Waals surface area contributed by atoms with Gasteiger partial charge >= 0.3 is 0 Å². The summed E-state index contributed by atoms with van der Waals surface area (Å²) >= 11 is 0. The molecule has 23 heavy (non-hydrogen) atoms. The molecule has 0 aromatic heterocycles. The summed E-state index contributed by atoms with van der Waals surface area (Å²) in [5, 5.41) is 3.09. The number of nitrogens with zero attached hydrogens (tertiary/aromatic N) is 1. The van der Waals surface area contributed by atoms with Crippen molar-refractivity contribution in [1.29, 1.82) is 0 Å². The van der Waals surface area contributed by atoms with Gasteiger partial charge < -0.3 is 11.1 Å². The highest BCUT2D eigenvalue weighted by molar-refractivity contribution is 14.0. The lowest BCUT2D eigenvalue weighted by Gasteiger charge is -2.10. The maximum Gasteiger partial charge on any atom is 0.193 e. The number of hydrogen-bond donors (Lipinski definition) is 2. The first-order valence-electron chi connectivity index (χ1n) is 7.46. The molecule has 0 aliphatic heterocycles. The highest BCUT2D eigenvalue weighted by Crippen LogP contribution is 2.18. The van der Waals surface area contributed by atoms with Crippen LogP contribution < -0.4 is 11.1 Å². The van der Waals surface area contributed by atoms with E-state index in [0.29, 0.717) is 24.8 Å². The van der Waals surface area contributed by atoms with Crippen LogP contribution >= 0.6 is 24.0 Å². The molecule has 0 amide bonds. The summed E-state index contributed by atoms with van der Waals surface area (Å²) in [6, 6.07) is 14.7. The van der Waals surface area contributed by atoms with Gasteiger partial charge in [0.1, 0.15) is 5.82 Å². The SMILES string of the molecule is CC(C)c1cccc(NC(N)=NCCc2cccc(F)c2)c1.I. The van der Waals surface area contributed by atoms with E-state index in [1.807, 2.05) is 18.2 Å².